The summed E-state index contributed by atoms with van der Waals surface area (Å²) in [5.41, 5.74) is 1.59. The highest BCUT2D eigenvalue weighted by molar-refractivity contribution is 5.99. The maximum atomic E-state index is 13.3. The molecule has 0 unspecified atom stereocenters. The second-order valence-corrected chi connectivity index (χ2v) is 13.5. The van der Waals surface area contributed by atoms with E-state index < -0.39 is 12.0 Å². The SMILES string of the molecule is CC(C)(C)[C@H]1CC[C@H](Oc2ccc3cc(C(=O)N[C@@H](C(=O)O)C4CCCC4)nc(CC4CCCC4)c3c2)CC1. The molecule has 1 aromatic heterocycles. The maximum absolute atomic E-state index is 13.3. The number of carboxylic acids is 1. The normalized spacial score (nSPS) is 23.7. The molecule has 2 aromatic rings. The number of ether oxygens (including phenoxy) is 1. The predicted octanol–water partition coefficient (Wildman–Crippen LogP) is 7.32. The summed E-state index contributed by atoms with van der Waals surface area (Å²) in [4.78, 5) is 30.2. The summed E-state index contributed by atoms with van der Waals surface area (Å²) in [6.45, 7) is 7.02. The van der Waals surface area contributed by atoms with Crippen LogP contribution in [0.2, 0.25) is 0 Å². The Kier molecular flexibility index (Phi) is 8.49. The molecule has 0 radical (unpaired) electrons. The number of benzene rings is 1. The highest BCUT2D eigenvalue weighted by Crippen LogP contribution is 2.39. The van der Waals surface area contributed by atoms with E-state index in [9.17, 15) is 14.7 Å². The third kappa shape index (κ3) is 6.75. The number of amides is 1. The van der Waals surface area contributed by atoms with Crippen molar-refractivity contribution in [3.63, 3.8) is 0 Å². The van der Waals surface area contributed by atoms with Crippen molar-refractivity contribution in [2.45, 2.75) is 116 Å². The molecule has 2 N–H and O–H groups in total. The molecular formula is C33H46N2O4. The Morgan fingerprint density at radius 2 is 1.64 bits per heavy atom. The Balaban J connectivity index is 1.37. The Morgan fingerprint density at radius 3 is 2.28 bits per heavy atom. The summed E-state index contributed by atoms with van der Waals surface area (Å²) in [5.74, 6) is 0.834. The molecular weight excluding hydrogens is 488 g/mol. The second-order valence-electron chi connectivity index (χ2n) is 13.5. The van der Waals surface area contributed by atoms with Gasteiger partial charge in [0.25, 0.3) is 5.91 Å². The molecule has 0 spiro atoms. The van der Waals surface area contributed by atoms with E-state index >= 15 is 0 Å². The van der Waals surface area contributed by atoms with Crippen LogP contribution in [-0.4, -0.2) is 34.1 Å². The fourth-order valence-corrected chi connectivity index (χ4v) is 7.26. The van der Waals surface area contributed by atoms with Crippen LogP contribution in [0.1, 0.15) is 114 Å². The van der Waals surface area contributed by atoms with Crippen LogP contribution in [0, 0.1) is 23.2 Å². The lowest BCUT2D eigenvalue weighted by Gasteiger charge is -2.37. The van der Waals surface area contributed by atoms with E-state index in [1.807, 2.05) is 18.2 Å². The first kappa shape index (κ1) is 27.9. The number of hydrogen-bond donors (Lipinski definition) is 2. The van der Waals surface area contributed by atoms with Gasteiger partial charge >= 0.3 is 5.97 Å². The minimum atomic E-state index is -0.958. The molecule has 1 aromatic carbocycles. The molecule has 0 saturated heterocycles. The van der Waals surface area contributed by atoms with Gasteiger partial charge in [0.1, 0.15) is 17.5 Å². The van der Waals surface area contributed by atoms with Gasteiger partial charge in [0.05, 0.1) is 6.10 Å². The van der Waals surface area contributed by atoms with Crippen molar-refractivity contribution >= 4 is 22.6 Å². The number of pyridine rings is 1. The van der Waals surface area contributed by atoms with Crippen LogP contribution in [0.25, 0.3) is 10.8 Å². The van der Waals surface area contributed by atoms with Gasteiger partial charge in [-0.2, -0.15) is 0 Å². The third-order valence-electron chi connectivity index (χ3n) is 9.70. The van der Waals surface area contributed by atoms with Crippen LogP contribution in [0.3, 0.4) is 0 Å². The largest absolute Gasteiger partial charge is 0.490 e. The van der Waals surface area contributed by atoms with Gasteiger partial charge < -0.3 is 15.2 Å². The van der Waals surface area contributed by atoms with Gasteiger partial charge in [-0.25, -0.2) is 9.78 Å². The van der Waals surface area contributed by atoms with E-state index in [4.69, 9.17) is 9.72 Å². The second kappa shape index (κ2) is 11.9. The number of aromatic nitrogens is 1. The van der Waals surface area contributed by atoms with Crippen LogP contribution in [0.15, 0.2) is 24.3 Å². The zero-order chi connectivity index (χ0) is 27.6. The Bertz CT molecular complexity index is 1170. The number of hydrogen-bond acceptors (Lipinski definition) is 4. The molecule has 212 valence electrons. The zero-order valence-electron chi connectivity index (χ0n) is 24.0. The number of nitrogens with zero attached hydrogens (tertiary/aromatic N) is 1. The molecule has 6 nitrogen and oxygen atoms in total. The summed E-state index contributed by atoms with van der Waals surface area (Å²) in [6.07, 6.45) is 14.2. The van der Waals surface area contributed by atoms with E-state index in [0.29, 0.717) is 17.0 Å². The molecule has 5 rings (SSSR count). The molecule has 0 bridgehead atoms. The van der Waals surface area contributed by atoms with Crippen LogP contribution in [0.5, 0.6) is 5.75 Å². The van der Waals surface area contributed by atoms with Gasteiger partial charge in [-0.3, -0.25) is 4.79 Å². The Labute approximate surface area is 233 Å². The van der Waals surface area contributed by atoms with Crippen molar-refractivity contribution in [2.24, 2.45) is 23.2 Å². The summed E-state index contributed by atoms with van der Waals surface area (Å²) in [5, 5.41) is 14.6. The van der Waals surface area contributed by atoms with Crippen LogP contribution >= 0.6 is 0 Å². The topological polar surface area (TPSA) is 88.5 Å². The fourth-order valence-electron chi connectivity index (χ4n) is 7.26. The quantitative estimate of drug-likeness (QED) is 0.370. The van der Waals surface area contributed by atoms with Crippen molar-refractivity contribution in [3.05, 3.63) is 35.7 Å². The van der Waals surface area contributed by atoms with Gasteiger partial charge in [-0.1, -0.05) is 65.4 Å². The van der Waals surface area contributed by atoms with Crippen LogP contribution in [-0.2, 0) is 11.2 Å². The Hall–Kier alpha value is -2.63. The lowest BCUT2D eigenvalue weighted by Crippen LogP contribution is -2.45. The van der Waals surface area contributed by atoms with E-state index in [1.54, 1.807) is 0 Å². The molecule has 0 aliphatic heterocycles. The van der Waals surface area contributed by atoms with Crippen molar-refractivity contribution < 1.29 is 19.4 Å². The molecule has 39 heavy (non-hydrogen) atoms. The zero-order valence-corrected chi connectivity index (χ0v) is 24.0. The predicted molar refractivity (Wildman–Crippen MR) is 154 cm³/mol. The van der Waals surface area contributed by atoms with Crippen LogP contribution < -0.4 is 10.1 Å². The summed E-state index contributed by atoms with van der Waals surface area (Å²) < 4.78 is 6.49. The highest BCUT2D eigenvalue weighted by Gasteiger charge is 2.33. The van der Waals surface area contributed by atoms with Crippen molar-refractivity contribution in [1.82, 2.24) is 10.3 Å². The molecule has 3 aliphatic rings. The van der Waals surface area contributed by atoms with Gasteiger partial charge in [-0.05, 0) is 91.7 Å². The van der Waals surface area contributed by atoms with Crippen molar-refractivity contribution in [1.29, 1.82) is 0 Å². The van der Waals surface area contributed by atoms with Crippen molar-refractivity contribution in [3.8, 4) is 5.75 Å². The molecule has 6 heteroatoms. The molecule has 3 saturated carbocycles. The minimum Gasteiger partial charge on any atom is -0.490 e. The van der Waals surface area contributed by atoms with Crippen molar-refractivity contribution in [2.75, 3.05) is 0 Å². The lowest BCUT2D eigenvalue weighted by atomic mass is 9.72. The van der Waals surface area contributed by atoms with Crippen LogP contribution in [0.4, 0.5) is 0 Å². The first-order valence-corrected chi connectivity index (χ1v) is 15.3. The fraction of sp³-hybridized carbons (Fsp3) is 0.667. The maximum Gasteiger partial charge on any atom is 0.326 e. The average molecular weight is 535 g/mol. The third-order valence-corrected chi connectivity index (χ3v) is 9.70. The number of carbonyl (C=O) groups excluding carboxylic acids is 1. The van der Waals surface area contributed by atoms with E-state index in [0.717, 1.165) is 73.1 Å². The summed E-state index contributed by atoms with van der Waals surface area (Å²) >= 11 is 0. The monoisotopic (exact) mass is 534 g/mol. The molecule has 3 aliphatic carbocycles. The number of aliphatic carboxylic acids is 1. The standard InChI is InChI=1S/C33H46N2O4/c1-33(2,3)24-13-16-25(17-14-24)39-26-15-12-23-19-29(31(36)35-30(32(37)38)22-10-6-7-11-22)34-28(27(23)20-26)18-21-8-4-5-9-21/h12,15,19-22,24-25,30H,4-11,13-14,16-18H2,1-3H3,(H,35,36)(H,37,38)/t24-,25-,30-/m1/s1. The summed E-state index contributed by atoms with van der Waals surface area (Å²) in [7, 11) is 0. The molecule has 1 amide bonds. The number of fused-ring (bicyclic) bond motifs is 1. The molecule has 3 fully saturated rings. The van der Waals surface area contributed by atoms with Gasteiger partial charge in [0, 0.05) is 11.1 Å². The van der Waals surface area contributed by atoms with E-state index in [-0.39, 0.29) is 17.9 Å². The highest BCUT2D eigenvalue weighted by atomic mass is 16.5. The van der Waals surface area contributed by atoms with Gasteiger partial charge in [0.15, 0.2) is 0 Å². The first-order valence-electron chi connectivity index (χ1n) is 15.3. The van der Waals surface area contributed by atoms with E-state index in [1.165, 1.54) is 38.5 Å². The van der Waals surface area contributed by atoms with Gasteiger partial charge in [0.2, 0.25) is 0 Å². The van der Waals surface area contributed by atoms with Gasteiger partial charge in [-0.15, -0.1) is 0 Å². The van der Waals surface area contributed by atoms with E-state index in [2.05, 4.69) is 32.2 Å². The Morgan fingerprint density at radius 1 is 0.974 bits per heavy atom. The molecule has 1 heterocycles. The number of carboxylic acid groups (broad SMARTS) is 1. The smallest absolute Gasteiger partial charge is 0.326 e. The number of nitrogens with one attached hydrogen (secondary N) is 1. The number of carbonyl (C=O) groups is 2. The first-order chi connectivity index (χ1) is 18.7. The number of rotatable bonds is 8. The minimum absolute atomic E-state index is 0.0111. The summed E-state index contributed by atoms with van der Waals surface area (Å²) in [6, 6.07) is 7.11. The molecule has 1 atom stereocenters. The average Bonchev–Trinajstić information content (AvgIpc) is 3.62. The lowest BCUT2D eigenvalue weighted by molar-refractivity contribution is -0.140.